The summed E-state index contributed by atoms with van der Waals surface area (Å²) in [6.07, 6.45) is 8.14. The van der Waals surface area contributed by atoms with Crippen LogP contribution in [-0.4, -0.2) is 71.5 Å². The van der Waals surface area contributed by atoms with Gasteiger partial charge in [-0.25, -0.2) is 4.79 Å². The van der Waals surface area contributed by atoms with Crippen molar-refractivity contribution in [2.24, 2.45) is 5.92 Å². The quantitative estimate of drug-likeness (QED) is 0.333. The number of likely N-dealkylation sites (tertiary alicyclic amines) is 1. The zero-order valence-corrected chi connectivity index (χ0v) is 22.0. The second-order valence-electron chi connectivity index (χ2n) is 11.0. The Balaban J connectivity index is 1.21. The summed E-state index contributed by atoms with van der Waals surface area (Å²) in [6, 6.07) is 20.5. The third-order valence-electron chi connectivity index (χ3n) is 8.60. The van der Waals surface area contributed by atoms with E-state index in [0.29, 0.717) is 45.1 Å². The lowest BCUT2D eigenvalue weighted by atomic mass is 9.85. The van der Waals surface area contributed by atoms with E-state index >= 15 is 0 Å². The third-order valence-corrected chi connectivity index (χ3v) is 8.60. The molecular weight excluding hydrogens is 462 g/mol. The average Bonchev–Trinajstić information content (AvgIpc) is 3.13. The van der Waals surface area contributed by atoms with Crippen molar-refractivity contribution in [3.05, 3.63) is 71.8 Å². The van der Waals surface area contributed by atoms with Crippen molar-refractivity contribution in [3.63, 3.8) is 0 Å². The van der Waals surface area contributed by atoms with Crippen LogP contribution < -0.4 is 0 Å². The third kappa shape index (κ3) is 6.07. The van der Waals surface area contributed by atoms with Crippen LogP contribution in [0, 0.1) is 5.92 Å². The standard InChI is InChI=1S/C31H41N3O3/c35-29-31(17-20-32(21-18-31)22-23-37-25-28-14-8-3-9-15-28)34(19-16-26-10-4-1-5-11-26)30(36)33(29)24-27-12-6-2-7-13-27/h1,3-5,8-11,14-15,27H,2,6-7,12-13,16-25H2. The minimum absolute atomic E-state index is 0.0520. The highest BCUT2D eigenvalue weighted by molar-refractivity contribution is 6.07. The molecule has 0 unspecified atom stereocenters. The topological polar surface area (TPSA) is 53.1 Å². The molecule has 0 bridgehead atoms. The van der Waals surface area contributed by atoms with Gasteiger partial charge in [-0.05, 0) is 49.1 Å². The molecule has 3 amide bonds. The highest BCUT2D eigenvalue weighted by atomic mass is 16.5. The fourth-order valence-electron chi connectivity index (χ4n) is 6.35. The fourth-order valence-corrected chi connectivity index (χ4v) is 6.35. The molecule has 2 aromatic carbocycles. The monoisotopic (exact) mass is 503 g/mol. The Morgan fingerprint density at radius 2 is 1.46 bits per heavy atom. The summed E-state index contributed by atoms with van der Waals surface area (Å²) in [5, 5.41) is 0. The Morgan fingerprint density at radius 1 is 0.811 bits per heavy atom. The molecule has 6 heteroatoms. The molecule has 3 fully saturated rings. The molecular formula is C31H41N3O3. The van der Waals surface area contributed by atoms with Crippen molar-refractivity contribution in [2.75, 3.05) is 39.3 Å². The lowest BCUT2D eigenvalue weighted by Crippen LogP contribution is -2.57. The number of amides is 3. The van der Waals surface area contributed by atoms with Crippen LogP contribution in [0.15, 0.2) is 60.7 Å². The van der Waals surface area contributed by atoms with Crippen molar-refractivity contribution in [3.8, 4) is 0 Å². The predicted molar refractivity (Wildman–Crippen MR) is 145 cm³/mol. The molecule has 0 N–H and O–H groups in total. The normalized spacial score (nSPS) is 20.8. The molecule has 2 heterocycles. The second-order valence-corrected chi connectivity index (χ2v) is 11.0. The van der Waals surface area contributed by atoms with E-state index in [0.717, 1.165) is 38.9 Å². The molecule has 1 saturated carbocycles. The SMILES string of the molecule is O=C1N(CC2CCCCC2)C(=O)C2(CCN(CCOCc3ccccc3)CC2)N1CCc1ccccc1. The van der Waals surface area contributed by atoms with Gasteiger partial charge in [-0.1, -0.05) is 79.9 Å². The largest absolute Gasteiger partial charge is 0.375 e. The maximum Gasteiger partial charge on any atom is 0.327 e. The van der Waals surface area contributed by atoms with E-state index in [1.165, 1.54) is 30.4 Å². The molecule has 1 spiro atoms. The summed E-state index contributed by atoms with van der Waals surface area (Å²) in [5.74, 6) is 0.505. The van der Waals surface area contributed by atoms with Crippen LogP contribution in [0.4, 0.5) is 4.79 Å². The molecule has 0 radical (unpaired) electrons. The van der Waals surface area contributed by atoms with Crippen LogP contribution in [0.3, 0.4) is 0 Å². The van der Waals surface area contributed by atoms with Gasteiger partial charge in [0.05, 0.1) is 13.2 Å². The summed E-state index contributed by atoms with van der Waals surface area (Å²) in [7, 11) is 0. The zero-order valence-electron chi connectivity index (χ0n) is 22.0. The second kappa shape index (κ2) is 12.2. The van der Waals surface area contributed by atoms with Gasteiger partial charge >= 0.3 is 6.03 Å². The first-order valence-electron chi connectivity index (χ1n) is 14.2. The van der Waals surface area contributed by atoms with E-state index < -0.39 is 5.54 Å². The highest BCUT2D eigenvalue weighted by Crippen LogP contribution is 2.39. The number of ether oxygens (including phenoxy) is 1. The van der Waals surface area contributed by atoms with Gasteiger partial charge in [-0.3, -0.25) is 9.69 Å². The smallest absolute Gasteiger partial charge is 0.327 e. The van der Waals surface area contributed by atoms with E-state index in [9.17, 15) is 9.59 Å². The maximum atomic E-state index is 13.9. The number of piperidine rings is 1. The first kappa shape index (κ1) is 25.9. The summed E-state index contributed by atoms with van der Waals surface area (Å²) >= 11 is 0. The van der Waals surface area contributed by atoms with Gasteiger partial charge in [0.1, 0.15) is 5.54 Å². The van der Waals surface area contributed by atoms with E-state index in [1.54, 1.807) is 4.90 Å². The Bertz CT molecular complexity index is 1010. The fraction of sp³-hybridized carbons (Fsp3) is 0.548. The van der Waals surface area contributed by atoms with Gasteiger partial charge in [0.25, 0.3) is 5.91 Å². The Kier molecular flexibility index (Phi) is 8.57. The molecule has 3 aliphatic rings. The summed E-state index contributed by atoms with van der Waals surface area (Å²) < 4.78 is 5.91. The van der Waals surface area contributed by atoms with Gasteiger partial charge in [0.15, 0.2) is 0 Å². The summed E-state index contributed by atoms with van der Waals surface area (Å²) in [4.78, 5) is 33.6. The summed E-state index contributed by atoms with van der Waals surface area (Å²) in [5.41, 5.74) is 1.70. The van der Waals surface area contributed by atoms with Gasteiger partial charge in [-0.2, -0.15) is 0 Å². The number of carbonyl (C=O) groups is 2. The first-order valence-corrected chi connectivity index (χ1v) is 14.2. The van der Waals surface area contributed by atoms with Crippen LogP contribution in [-0.2, 0) is 22.6 Å². The number of rotatable bonds is 10. The molecule has 2 saturated heterocycles. The molecule has 2 aliphatic heterocycles. The zero-order chi connectivity index (χ0) is 25.5. The molecule has 0 atom stereocenters. The van der Waals surface area contributed by atoms with Crippen LogP contribution in [0.25, 0.3) is 0 Å². The van der Waals surface area contributed by atoms with Gasteiger partial charge in [0.2, 0.25) is 0 Å². The Morgan fingerprint density at radius 3 is 2.14 bits per heavy atom. The Labute approximate surface area is 221 Å². The van der Waals surface area contributed by atoms with E-state index in [-0.39, 0.29) is 11.9 Å². The molecule has 37 heavy (non-hydrogen) atoms. The summed E-state index contributed by atoms with van der Waals surface area (Å²) in [6.45, 7) is 4.95. The Hall–Kier alpha value is -2.70. The molecule has 0 aromatic heterocycles. The molecule has 1 aliphatic carbocycles. The maximum absolute atomic E-state index is 13.9. The number of hydrogen-bond donors (Lipinski definition) is 0. The molecule has 5 rings (SSSR count). The van der Waals surface area contributed by atoms with Crippen molar-refractivity contribution in [1.29, 1.82) is 0 Å². The van der Waals surface area contributed by atoms with Crippen LogP contribution in [0.5, 0.6) is 0 Å². The van der Waals surface area contributed by atoms with E-state index in [2.05, 4.69) is 29.2 Å². The molecule has 198 valence electrons. The van der Waals surface area contributed by atoms with Crippen molar-refractivity contribution >= 4 is 11.9 Å². The number of hydrogen-bond acceptors (Lipinski definition) is 4. The van der Waals surface area contributed by atoms with Gasteiger partial charge in [-0.15, -0.1) is 0 Å². The lowest BCUT2D eigenvalue weighted by molar-refractivity contribution is -0.136. The minimum Gasteiger partial charge on any atom is -0.375 e. The van der Waals surface area contributed by atoms with Gasteiger partial charge in [0, 0.05) is 32.7 Å². The van der Waals surface area contributed by atoms with Crippen LogP contribution >= 0.6 is 0 Å². The lowest BCUT2D eigenvalue weighted by Gasteiger charge is -2.42. The number of benzene rings is 2. The molecule has 2 aromatic rings. The number of imide groups is 1. The van der Waals surface area contributed by atoms with Crippen LogP contribution in [0.2, 0.25) is 0 Å². The average molecular weight is 504 g/mol. The van der Waals surface area contributed by atoms with Crippen LogP contribution in [0.1, 0.15) is 56.1 Å². The predicted octanol–water partition coefficient (Wildman–Crippen LogP) is 5.13. The van der Waals surface area contributed by atoms with E-state index in [4.69, 9.17) is 4.74 Å². The minimum atomic E-state index is -0.693. The van der Waals surface area contributed by atoms with E-state index in [1.807, 2.05) is 41.3 Å². The van der Waals surface area contributed by atoms with Gasteiger partial charge < -0.3 is 14.5 Å². The van der Waals surface area contributed by atoms with Crippen molar-refractivity contribution in [2.45, 2.75) is 63.5 Å². The number of urea groups is 1. The van der Waals surface area contributed by atoms with Crippen molar-refractivity contribution < 1.29 is 14.3 Å². The molecule has 6 nitrogen and oxygen atoms in total. The number of carbonyl (C=O) groups excluding carboxylic acids is 2. The number of nitrogens with zero attached hydrogens (tertiary/aromatic N) is 3. The highest BCUT2D eigenvalue weighted by Gasteiger charge is 2.57. The van der Waals surface area contributed by atoms with Crippen molar-refractivity contribution in [1.82, 2.24) is 14.7 Å². The first-order chi connectivity index (χ1) is 18.2.